The molecular formula is C18H22N6O2. The van der Waals surface area contributed by atoms with Gasteiger partial charge in [-0.05, 0) is 18.1 Å². The van der Waals surface area contributed by atoms with Crippen molar-refractivity contribution in [3.05, 3.63) is 41.1 Å². The van der Waals surface area contributed by atoms with E-state index in [9.17, 15) is 9.59 Å². The number of carbonyl (C=O) groups excluding carboxylic acids is 2. The van der Waals surface area contributed by atoms with Crippen LogP contribution in [0.25, 0.3) is 0 Å². The fourth-order valence-corrected chi connectivity index (χ4v) is 3.77. The van der Waals surface area contributed by atoms with Gasteiger partial charge < -0.3 is 21.3 Å². The van der Waals surface area contributed by atoms with Crippen molar-refractivity contribution in [1.29, 1.82) is 0 Å². The number of nitrogens with one attached hydrogen (secondary N) is 2. The number of carbonyl (C=O) groups is 2. The number of rotatable bonds is 1. The molecule has 0 saturated heterocycles. The maximum absolute atomic E-state index is 13.2. The molecule has 8 nitrogen and oxygen atoms in total. The number of hydrogen-bond donors (Lipinski definition) is 3. The smallest absolute Gasteiger partial charge is 0.317 e. The molecule has 8 heteroatoms. The van der Waals surface area contributed by atoms with Crippen LogP contribution in [0.1, 0.15) is 34.0 Å². The molecule has 1 aromatic heterocycles. The van der Waals surface area contributed by atoms with Crippen molar-refractivity contribution in [2.45, 2.75) is 25.3 Å². The Morgan fingerprint density at radius 1 is 1.35 bits per heavy atom. The van der Waals surface area contributed by atoms with Crippen LogP contribution in [-0.4, -0.2) is 46.8 Å². The van der Waals surface area contributed by atoms with Crippen molar-refractivity contribution in [1.82, 2.24) is 20.0 Å². The van der Waals surface area contributed by atoms with E-state index in [-0.39, 0.29) is 17.9 Å². The number of amides is 2. The molecule has 2 aromatic rings. The standard InChI is InChI=1S/C18H22N6O2/c1-20-18(26)23-9-7-15-13(10-23)16(19)24(22-15)17(25)12-6-8-21-14-5-3-2-4-11(12)14/h2-5,12,21H,6-10,19H2,1H3,(H,20,26). The first-order valence-corrected chi connectivity index (χ1v) is 8.80. The van der Waals surface area contributed by atoms with Crippen molar-refractivity contribution < 1.29 is 9.59 Å². The number of nitrogens with zero attached hydrogens (tertiary/aromatic N) is 3. The van der Waals surface area contributed by atoms with E-state index in [1.807, 2.05) is 24.3 Å². The van der Waals surface area contributed by atoms with Crippen molar-refractivity contribution >= 4 is 23.4 Å². The number of urea groups is 1. The zero-order chi connectivity index (χ0) is 18.3. The Morgan fingerprint density at radius 2 is 2.15 bits per heavy atom. The zero-order valence-electron chi connectivity index (χ0n) is 14.7. The third kappa shape index (κ3) is 2.58. The maximum Gasteiger partial charge on any atom is 0.317 e. The summed E-state index contributed by atoms with van der Waals surface area (Å²) in [4.78, 5) is 26.7. The Kier molecular flexibility index (Phi) is 4.02. The van der Waals surface area contributed by atoms with Gasteiger partial charge in [0.1, 0.15) is 5.82 Å². The second kappa shape index (κ2) is 6.36. The van der Waals surface area contributed by atoms with Gasteiger partial charge in [0.2, 0.25) is 0 Å². The first-order valence-electron chi connectivity index (χ1n) is 8.80. The van der Waals surface area contributed by atoms with Gasteiger partial charge in [0.15, 0.2) is 0 Å². The van der Waals surface area contributed by atoms with Gasteiger partial charge in [-0.25, -0.2) is 4.79 Å². The molecule has 1 unspecified atom stereocenters. The molecule has 4 rings (SSSR count). The van der Waals surface area contributed by atoms with E-state index < -0.39 is 0 Å². The molecular weight excluding hydrogens is 332 g/mol. The molecule has 136 valence electrons. The topological polar surface area (TPSA) is 105 Å². The van der Waals surface area contributed by atoms with E-state index in [4.69, 9.17) is 5.73 Å². The molecule has 26 heavy (non-hydrogen) atoms. The molecule has 0 radical (unpaired) electrons. The average molecular weight is 354 g/mol. The number of fused-ring (bicyclic) bond motifs is 2. The Bertz CT molecular complexity index is 875. The van der Waals surface area contributed by atoms with Crippen molar-refractivity contribution in [2.75, 3.05) is 31.2 Å². The lowest BCUT2D eigenvalue weighted by atomic mass is 9.90. The first kappa shape index (κ1) is 16.4. The van der Waals surface area contributed by atoms with Crippen LogP contribution >= 0.6 is 0 Å². The highest BCUT2D eigenvalue weighted by molar-refractivity contribution is 5.90. The Hall–Kier alpha value is -3.03. The van der Waals surface area contributed by atoms with Gasteiger partial charge >= 0.3 is 6.03 Å². The van der Waals surface area contributed by atoms with E-state index in [1.165, 1.54) is 4.68 Å². The summed E-state index contributed by atoms with van der Waals surface area (Å²) >= 11 is 0. The van der Waals surface area contributed by atoms with E-state index in [0.717, 1.165) is 29.1 Å². The average Bonchev–Trinajstić information content (AvgIpc) is 3.02. The van der Waals surface area contributed by atoms with E-state index >= 15 is 0 Å². The molecule has 2 amide bonds. The largest absolute Gasteiger partial charge is 0.385 e. The summed E-state index contributed by atoms with van der Waals surface area (Å²) in [5, 5.41) is 10.4. The second-order valence-electron chi connectivity index (χ2n) is 6.64. The van der Waals surface area contributed by atoms with Crippen LogP contribution in [0.5, 0.6) is 0 Å². The molecule has 1 atom stereocenters. The highest BCUT2D eigenvalue weighted by Gasteiger charge is 2.32. The summed E-state index contributed by atoms with van der Waals surface area (Å²) in [6, 6.07) is 7.68. The predicted molar refractivity (Wildman–Crippen MR) is 98.1 cm³/mol. The number of hydrogen-bond acceptors (Lipinski definition) is 5. The number of para-hydroxylation sites is 1. The van der Waals surface area contributed by atoms with Crippen LogP contribution in [0, 0.1) is 0 Å². The number of benzene rings is 1. The van der Waals surface area contributed by atoms with Crippen LogP contribution in [0.4, 0.5) is 16.3 Å². The van der Waals surface area contributed by atoms with Crippen LogP contribution in [-0.2, 0) is 13.0 Å². The Labute approximate surface area is 151 Å². The molecule has 1 aromatic carbocycles. The minimum atomic E-state index is -0.272. The van der Waals surface area contributed by atoms with Crippen LogP contribution < -0.4 is 16.4 Å². The zero-order valence-corrected chi connectivity index (χ0v) is 14.7. The van der Waals surface area contributed by atoms with Gasteiger partial charge in [-0.2, -0.15) is 9.78 Å². The van der Waals surface area contributed by atoms with Gasteiger partial charge in [0.05, 0.1) is 18.2 Å². The minimum absolute atomic E-state index is 0.114. The van der Waals surface area contributed by atoms with Crippen molar-refractivity contribution in [3.8, 4) is 0 Å². The lowest BCUT2D eigenvalue weighted by Crippen LogP contribution is -2.41. The number of nitrogens with two attached hydrogens (primary N) is 1. The van der Waals surface area contributed by atoms with Crippen LogP contribution in [0.15, 0.2) is 24.3 Å². The van der Waals surface area contributed by atoms with Gasteiger partial charge in [-0.15, -0.1) is 0 Å². The van der Waals surface area contributed by atoms with Crippen molar-refractivity contribution in [2.24, 2.45) is 0 Å². The SMILES string of the molecule is CNC(=O)N1CCc2nn(C(=O)C3CCNc4ccccc43)c(N)c2C1. The third-order valence-corrected chi connectivity index (χ3v) is 5.17. The summed E-state index contributed by atoms with van der Waals surface area (Å²) in [5.41, 5.74) is 9.80. The molecule has 2 aliphatic heterocycles. The summed E-state index contributed by atoms with van der Waals surface area (Å²) in [6.45, 7) is 1.67. The molecule has 3 heterocycles. The molecule has 0 bridgehead atoms. The normalized spacial score (nSPS) is 18.5. The summed E-state index contributed by atoms with van der Waals surface area (Å²) in [7, 11) is 1.60. The lowest BCUT2D eigenvalue weighted by Gasteiger charge is -2.26. The fraction of sp³-hybridized carbons (Fsp3) is 0.389. The monoisotopic (exact) mass is 354 g/mol. The number of anilines is 2. The van der Waals surface area contributed by atoms with Crippen LogP contribution in [0.3, 0.4) is 0 Å². The Morgan fingerprint density at radius 3 is 2.96 bits per heavy atom. The quantitative estimate of drug-likeness (QED) is 0.718. The molecule has 2 aliphatic rings. The fourth-order valence-electron chi connectivity index (χ4n) is 3.77. The van der Waals surface area contributed by atoms with Gasteiger partial charge in [0.25, 0.3) is 5.91 Å². The Balaban J connectivity index is 1.65. The molecule has 4 N–H and O–H groups in total. The van der Waals surface area contributed by atoms with Crippen LogP contribution in [0.2, 0.25) is 0 Å². The van der Waals surface area contributed by atoms with E-state index in [2.05, 4.69) is 15.7 Å². The van der Waals surface area contributed by atoms with Gasteiger partial charge in [0, 0.05) is 37.8 Å². The lowest BCUT2D eigenvalue weighted by molar-refractivity contribution is 0.0859. The summed E-state index contributed by atoms with van der Waals surface area (Å²) in [5.74, 6) is -0.0434. The predicted octanol–water partition coefficient (Wildman–Crippen LogP) is 1.40. The number of nitrogen functional groups attached to an aromatic ring is 1. The minimum Gasteiger partial charge on any atom is -0.385 e. The summed E-state index contributed by atoms with van der Waals surface area (Å²) in [6.07, 6.45) is 1.29. The number of aromatic nitrogens is 2. The molecule has 0 saturated carbocycles. The van der Waals surface area contributed by atoms with Gasteiger partial charge in [-0.3, -0.25) is 4.79 Å². The molecule has 0 spiro atoms. The van der Waals surface area contributed by atoms with Crippen molar-refractivity contribution in [3.63, 3.8) is 0 Å². The molecule has 0 fully saturated rings. The first-order chi connectivity index (χ1) is 12.6. The highest BCUT2D eigenvalue weighted by atomic mass is 16.2. The van der Waals surface area contributed by atoms with E-state index in [0.29, 0.717) is 31.7 Å². The second-order valence-corrected chi connectivity index (χ2v) is 6.64. The third-order valence-electron chi connectivity index (χ3n) is 5.17. The highest BCUT2D eigenvalue weighted by Crippen LogP contribution is 2.34. The summed E-state index contributed by atoms with van der Waals surface area (Å²) < 4.78 is 1.34. The molecule has 0 aliphatic carbocycles. The van der Waals surface area contributed by atoms with Gasteiger partial charge in [-0.1, -0.05) is 18.2 Å². The van der Waals surface area contributed by atoms with E-state index in [1.54, 1.807) is 11.9 Å². The maximum atomic E-state index is 13.2.